The van der Waals surface area contributed by atoms with E-state index in [2.05, 4.69) is 5.32 Å². The number of likely N-dealkylation sites (tertiary alicyclic amines) is 1. The van der Waals surface area contributed by atoms with Gasteiger partial charge in [0, 0.05) is 25.2 Å². The Kier molecular flexibility index (Phi) is 5.64. The number of para-hydroxylation sites is 1. The molecule has 1 aromatic rings. The molecule has 0 radical (unpaired) electrons. The summed E-state index contributed by atoms with van der Waals surface area (Å²) in [5.41, 5.74) is 0.328. The van der Waals surface area contributed by atoms with Gasteiger partial charge >= 0.3 is 0 Å². The number of carbonyl (C=O) groups excluding carboxylic acids is 1. The van der Waals surface area contributed by atoms with Crippen molar-refractivity contribution >= 4 is 18.3 Å². The van der Waals surface area contributed by atoms with Gasteiger partial charge in [-0.25, -0.2) is 4.39 Å². The van der Waals surface area contributed by atoms with Crippen LogP contribution in [0.25, 0.3) is 0 Å². The second kappa shape index (κ2) is 7.29. The third-order valence-electron chi connectivity index (χ3n) is 4.30. The molecule has 2 aliphatic heterocycles. The van der Waals surface area contributed by atoms with E-state index in [0.29, 0.717) is 30.8 Å². The highest BCUT2D eigenvalue weighted by molar-refractivity contribution is 5.97. The second-order valence-corrected chi connectivity index (χ2v) is 5.73. The minimum atomic E-state index is -0.475. The molecule has 3 rings (SSSR count). The summed E-state index contributed by atoms with van der Waals surface area (Å²) in [6, 6.07) is 5.42. The van der Waals surface area contributed by atoms with Crippen molar-refractivity contribution in [1.82, 2.24) is 10.2 Å². The van der Waals surface area contributed by atoms with Gasteiger partial charge in [-0.15, -0.1) is 12.4 Å². The lowest BCUT2D eigenvalue weighted by Crippen LogP contribution is -2.39. The molecule has 122 valence electrons. The van der Waals surface area contributed by atoms with Crippen molar-refractivity contribution in [2.75, 3.05) is 19.7 Å². The Morgan fingerprint density at radius 1 is 1.36 bits per heavy atom. The van der Waals surface area contributed by atoms with E-state index in [0.717, 1.165) is 19.4 Å². The molecule has 2 saturated heterocycles. The first-order valence-electron chi connectivity index (χ1n) is 7.65. The van der Waals surface area contributed by atoms with Crippen molar-refractivity contribution < 1.29 is 13.9 Å². The summed E-state index contributed by atoms with van der Waals surface area (Å²) in [4.78, 5) is 14.6. The number of hydrogen-bond acceptors (Lipinski definition) is 3. The molecule has 0 saturated carbocycles. The van der Waals surface area contributed by atoms with Gasteiger partial charge in [0.2, 0.25) is 0 Å². The molecule has 22 heavy (non-hydrogen) atoms. The molecule has 1 N–H and O–H groups in total. The largest absolute Gasteiger partial charge is 0.490 e. The van der Waals surface area contributed by atoms with E-state index >= 15 is 0 Å². The molecule has 2 heterocycles. The molecule has 2 bridgehead atoms. The third kappa shape index (κ3) is 3.36. The molecule has 1 aromatic carbocycles. The molecule has 2 atom stereocenters. The quantitative estimate of drug-likeness (QED) is 0.927. The van der Waals surface area contributed by atoms with Crippen LogP contribution in [0.1, 0.15) is 36.5 Å². The Labute approximate surface area is 136 Å². The van der Waals surface area contributed by atoms with E-state index in [4.69, 9.17) is 4.74 Å². The topological polar surface area (TPSA) is 41.6 Å². The van der Waals surface area contributed by atoms with E-state index in [-0.39, 0.29) is 24.1 Å². The monoisotopic (exact) mass is 328 g/mol. The Morgan fingerprint density at radius 2 is 2.14 bits per heavy atom. The highest BCUT2D eigenvalue weighted by atomic mass is 35.5. The number of ether oxygens (including phenoxy) is 1. The fourth-order valence-electron chi connectivity index (χ4n) is 3.27. The third-order valence-corrected chi connectivity index (χ3v) is 4.30. The summed E-state index contributed by atoms with van der Waals surface area (Å²) in [6.45, 7) is 3.54. The maximum absolute atomic E-state index is 13.9. The van der Waals surface area contributed by atoms with Crippen LogP contribution in [-0.4, -0.2) is 42.6 Å². The first kappa shape index (κ1) is 17.0. The van der Waals surface area contributed by atoms with Crippen LogP contribution in [-0.2, 0) is 0 Å². The Hall–Kier alpha value is -1.33. The van der Waals surface area contributed by atoms with Crippen molar-refractivity contribution in [3.05, 3.63) is 29.6 Å². The van der Waals surface area contributed by atoms with E-state index in [1.807, 2.05) is 4.90 Å². The summed E-state index contributed by atoms with van der Waals surface area (Å²) >= 11 is 0. The van der Waals surface area contributed by atoms with Crippen LogP contribution >= 0.6 is 12.4 Å². The zero-order chi connectivity index (χ0) is 14.8. The zero-order valence-corrected chi connectivity index (χ0v) is 13.5. The van der Waals surface area contributed by atoms with Gasteiger partial charge in [0.25, 0.3) is 5.91 Å². The number of hydrogen-bond donors (Lipinski definition) is 1. The van der Waals surface area contributed by atoms with Gasteiger partial charge < -0.3 is 15.0 Å². The number of halogens is 2. The summed E-state index contributed by atoms with van der Waals surface area (Å²) in [5.74, 6) is -0.531. The Bertz CT molecular complexity index is 541. The Balaban J connectivity index is 0.00000176. The van der Waals surface area contributed by atoms with Gasteiger partial charge in [0.1, 0.15) is 0 Å². The van der Waals surface area contributed by atoms with Gasteiger partial charge in [-0.1, -0.05) is 6.07 Å². The molecular weight excluding hydrogens is 307 g/mol. The lowest BCUT2D eigenvalue weighted by Gasteiger charge is -2.25. The van der Waals surface area contributed by atoms with E-state index in [9.17, 15) is 9.18 Å². The first-order chi connectivity index (χ1) is 10.2. The SMILES string of the molecule is CCOc1c(F)cccc1C(=O)N1CCC2CCC(C1)N2.Cl. The predicted molar refractivity (Wildman–Crippen MR) is 85.3 cm³/mol. The molecule has 6 heteroatoms. The molecule has 1 amide bonds. The molecule has 0 aliphatic carbocycles. The zero-order valence-electron chi connectivity index (χ0n) is 12.7. The van der Waals surface area contributed by atoms with Gasteiger partial charge in [0.15, 0.2) is 11.6 Å². The van der Waals surface area contributed by atoms with Crippen molar-refractivity contribution in [2.45, 2.75) is 38.3 Å². The molecular formula is C16H22ClFN2O2. The lowest BCUT2D eigenvalue weighted by atomic mass is 10.1. The molecule has 0 spiro atoms. The minimum absolute atomic E-state index is 0. The van der Waals surface area contributed by atoms with Gasteiger partial charge in [-0.05, 0) is 38.3 Å². The normalized spacial score (nSPS) is 23.6. The van der Waals surface area contributed by atoms with Crippen LogP contribution in [0.15, 0.2) is 18.2 Å². The maximum Gasteiger partial charge on any atom is 0.257 e. The smallest absolute Gasteiger partial charge is 0.257 e. The summed E-state index contributed by atoms with van der Waals surface area (Å²) in [6.07, 6.45) is 3.26. The van der Waals surface area contributed by atoms with Crippen LogP contribution in [0.4, 0.5) is 4.39 Å². The van der Waals surface area contributed by atoms with Crippen LogP contribution in [0.2, 0.25) is 0 Å². The molecule has 4 nitrogen and oxygen atoms in total. The first-order valence-corrected chi connectivity index (χ1v) is 7.65. The average Bonchev–Trinajstić information content (AvgIpc) is 2.80. The van der Waals surface area contributed by atoms with E-state index in [1.54, 1.807) is 19.1 Å². The number of carbonyl (C=O) groups is 1. The van der Waals surface area contributed by atoms with Gasteiger partial charge in [-0.3, -0.25) is 4.79 Å². The van der Waals surface area contributed by atoms with Crippen molar-refractivity contribution in [3.8, 4) is 5.75 Å². The highest BCUT2D eigenvalue weighted by Crippen LogP contribution is 2.26. The fraction of sp³-hybridized carbons (Fsp3) is 0.562. The van der Waals surface area contributed by atoms with Crippen LogP contribution in [0.3, 0.4) is 0 Å². The summed E-state index contributed by atoms with van der Waals surface area (Å²) in [5, 5.41) is 3.54. The number of benzene rings is 1. The van der Waals surface area contributed by atoms with Crippen LogP contribution < -0.4 is 10.1 Å². The lowest BCUT2D eigenvalue weighted by molar-refractivity contribution is 0.0743. The van der Waals surface area contributed by atoms with Gasteiger partial charge in [0.05, 0.1) is 12.2 Å². The maximum atomic E-state index is 13.9. The molecule has 2 unspecified atom stereocenters. The summed E-state index contributed by atoms with van der Waals surface area (Å²) < 4.78 is 19.2. The number of nitrogens with zero attached hydrogens (tertiary/aromatic N) is 1. The number of nitrogens with one attached hydrogen (secondary N) is 1. The second-order valence-electron chi connectivity index (χ2n) is 5.73. The summed E-state index contributed by atoms with van der Waals surface area (Å²) in [7, 11) is 0. The van der Waals surface area contributed by atoms with Crippen molar-refractivity contribution in [2.24, 2.45) is 0 Å². The van der Waals surface area contributed by atoms with E-state index in [1.165, 1.54) is 12.5 Å². The number of rotatable bonds is 3. The Morgan fingerprint density at radius 3 is 2.91 bits per heavy atom. The van der Waals surface area contributed by atoms with Gasteiger partial charge in [-0.2, -0.15) is 0 Å². The molecule has 2 aliphatic rings. The van der Waals surface area contributed by atoms with Crippen LogP contribution in [0.5, 0.6) is 5.75 Å². The minimum Gasteiger partial charge on any atom is -0.490 e. The fourth-order valence-corrected chi connectivity index (χ4v) is 3.27. The van der Waals surface area contributed by atoms with Crippen LogP contribution in [0, 0.1) is 5.82 Å². The van der Waals surface area contributed by atoms with E-state index < -0.39 is 5.82 Å². The molecule has 2 fully saturated rings. The predicted octanol–water partition coefficient (Wildman–Crippen LogP) is 2.61. The standard InChI is InChI=1S/C16H21FN2O2.ClH/c1-2-21-15-13(4-3-5-14(15)17)16(20)19-9-8-11-6-7-12(10-19)18-11;/h3-5,11-12,18H,2,6-10H2,1H3;1H. The van der Waals surface area contributed by atoms with Crippen molar-refractivity contribution in [3.63, 3.8) is 0 Å². The average molecular weight is 329 g/mol. The number of fused-ring (bicyclic) bond motifs is 2. The number of amides is 1. The highest BCUT2D eigenvalue weighted by Gasteiger charge is 2.32. The van der Waals surface area contributed by atoms with Crippen molar-refractivity contribution in [1.29, 1.82) is 0 Å². The molecule has 0 aromatic heterocycles.